The summed E-state index contributed by atoms with van der Waals surface area (Å²) in [6, 6.07) is 12.1. The number of aromatic nitrogens is 1. The maximum Gasteiger partial charge on any atom is 0.279 e. The fourth-order valence-electron chi connectivity index (χ4n) is 2.90. The van der Waals surface area contributed by atoms with Gasteiger partial charge < -0.3 is 9.30 Å². The van der Waals surface area contributed by atoms with E-state index < -0.39 is 0 Å². The van der Waals surface area contributed by atoms with E-state index in [4.69, 9.17) is 4.74 Å². The van der Waals surface area contributed by atoms with Gasteiger partial charge in [-0.2, -0.15) is 4.99 Å². The van der Waals surface area contributed by atoms with E-state index >= 15 is 0 Å². The van der Waals surface area contributed by atoms with E-state index in [2.05, 4.69) is 28.6 Å². The van der Waals surface area contributed by atoms with E-state index in [9.17, 15) is 4.79 Å². The molecule has 0 radical (unpaired) electrons. The summed E-state index contributed by atoms with van der Waals surface area (Å²) in [5.41, 5.74) is 4.96. The molecule has 4 nitrogen and oxygen atoms in total. The molecule has 1 amide bonds. The molecule has 1 aromatic heterocycles. The van der Waals surface area contributed by atoms with Gasteiger partial charge in [-0.3, -0.25) is 4.79 Å². The number of aryl methyl sites for hydroxylation is 3. The summed E-state index contributed by atoms with van der Waals surface area (Å²) in [7, 11) is 1.68. The number of methoxy groups -OCH3 is 1. The molecule has 2 aromatic carbocycles. The first-order chi connectivity index (χ1) is 12.0. The number of rotatable bonds is 4. The van der Waals surface area contributed by atoms with Gasteiger partial charge in [0.25, 0.3) is 5.91 Å². The van der Waals surface area contributed by atoms with Crippen LogP contribution >= 0.6 is 11.3 Å². The maximum absolute atomic E-state index is 12.8. The van der Waals surface area contributed by atoms with Gasteiger partial charge in [0.2, 0.25) is 0 Å². The lowest BCUT2D eigenvalue weighted by molar-refractivity contribution is 0.0996. The second kappa shape index (κ2) is 7.33. The van der Waals surface area contributed by atoms with Gasteiger partial charge in [0.1, 0.15) is 0 Å². The molecular weight excluding hydrogens is 332 g/mol. The third kappa shape index (κ3) is 3.57. The number of benzene rings is 2. The van der Waals surface area contributed by atoms with E-state index in [1.165, 1.54) is 5.56 Å². The molecule has 0 aliphatic heterocycles. The molecule has 0 aliphatic carbocycles. The van der Waals surface area contributed by atoms with Crippen LogP contribution in [0.25, 0.3) is 10.2 Å². The molecule has 0 atom stereocenters. The third-order valence-electron chi connectivity index (χ3n) is 4.24. The molecule has 0 saturated heterocycles. The highest BCUT2D eigenvalue weighted by molar-refractivity contribution is 7.16. The third-order valence-corrected chi connectivity index (χ3v) is 5.29. The van der Waals surface area contributed by atoms with Gasteiger partial charge in [-0.05, 0) is 44.0 Å². The highest BCUT2D eigenvalue weighted by atomic mass is 32.1. The minimum atomic E-state index is -0.198. The van der Waals surface area contributed by atoms with Gasteiger partial charge in [-0.25, -0.2) is 0 Å². The number of amides is 1. The van der Waals surface area contributed by atoms with Crippen molar-refractivity contribution in [1.82, 2.24) is 4.57 Å². The lowest BCUT2D eigenvalue weighted by Crippen LogP contribution is -2.20. The number of ether oxygens (including phenoxy) is 1. The van der Waals surface area contributed by atoms with Crippen LogP contribution in [0.5, 0.6) is 0 Å². The minimum absolute atomic E-state index is 0.198. The van der Waals surface area contributed by atoms with Crippen molar-refractivity contribution >= 4 is 27.5 Å². The van der Waals surface area contributed by atoms with E-state index in [0.29, 0.717) is 23.5 Å². The Morgan fingerprint density at radius 2 is 1.96 bits per heavy atom. The zero-order valence-electron chi connectivity index (χ0n) is 15.0. The van der Waals surface area contributed by atoms with Crippen LogP contribution in [0, 0.1) is 20.8 Å². The lowest BCUT2D eigenvalue weighted by atomic mass is 10.1. The second-order valence-corrected chi connectivity index (χ2v) is 7.20. The fraction of sp³-hybridized carbons (Fsp3) is 0.300. The average Bonchev–Trinajstić information content (AvgIpc) is 2.93. The largest absolute Gasteiger partial charge is 0.383 e. The topological polar surface area (TPSA) is 43.6 Å². The number of hydrogen-bond donors (Lipinski definition) is 0. The summed E-state index contributed by atoms with van der Waals surface area (Å²) in [6.45, 7) is 7.24. The Bertz CT molecular complexity index is 999. The van der Waals surface area contributed by atoms with Crippen LogP contribution in [0.3, 0.4) is 0 Å². The number of carbonyl (C=O) groups excluding carboxylic acids is 1. The van der Waals surface area contributed by atoms with Gasteiger partial charge >= 0.3 is 0 Å². The molecule has 0 spiro atoms. The number of thiazole rings is 1. The summed E-state index contributed by atoms with van der Waals surface area (Å²) in [5.74, 6) is -0.198. The Kier molecular flexibility index (Phi) is 5.16. The van der Waals surface area contributed by atoms with Crippen molar-refractivity contribution in [2.75, 3.05) is 13.7 Å². The number of para-hydroxylation sites is 1. The first kappa shape index (κ1) is 17.6. The number of hydrogen-bond acceptors (Lipinski definition) is 3. The first-order valence-electron chi connectivity index (χ1n) is 8.25. The predicted molar refractivity (Wildman–Crippen MR) is 102 cm³/mol. The summed E-state index contributed by atoms with van der Waals surface area (Å²) >= 11 is 1.54. The van der Waals surface area contributed by atoms with Crippen LogP contribution in [-0.2, 0) is 11.3 Å². The highest BCUT2D eigenvalue weighted by Crippen LogP contribution is 2.21. The lowest BCUT2D eigenvalue weighted by Gasteiger charge is -2.06. The van der Waals surface area contributed by atoms with E-state index in [0.717, 1.165) is 21.3 Å². The Morgan fingerprint density at radius 1 is 1.16 bits per heavy atom. The molecule has 0 fully saturated rings. The minimum Gasteiger partial charge on any atom is -0.383 e. The summed E-state index contributed by atoms with van der Waals surface area (Å²) in [4.78, 5) is 17.9. The Hall–Kier alpha value is -2.24. The summed E-state index contributed by atoms with van der Waals surface area (Å²) in [6.07, 6.45) is 0. The van der Waals surface area contributed by atoms with Crippen molar-refractivity contribution in [2.24, 2.45) is 4.99 Å². The Labute approximate surface area is 151 Å². The highest BCUT2D eigenvalue weighted by Gasteiger charge is 2.12. The van der Waals surface area contributed by atoms with Crippen molar-refractivity contribution in [3.63, 3.8) is 0 Å². The molecule has 5 heteroatoms. The van der Waals surface area contributed by atoms with Crippen LogP contribution in [0.4, 0.5) is 0 Å². The zero-order chi connectivity index (χ0) is 18.0. The fourth-order valence-corrected chi connectivity index (χ4v) is 4.03. The van der Waals surface area contributed by atoms with Crippen LogP contribution < -0.4 is 4.80 Å². The van der Waals surface area contributed by atoms with E-state index in [1.807, 2.05) is 38.1 Å². The van der Waals surface area contributed by atoms with Crippen molar-refractivity contribution in [2.45, 2.75) is 27.3 Å². The van der Waals surface area contributed by atoms with Crippen molar-refractivity contribution in [3.8, 4) is 0 Å². The van der Waals surface area contributed by atoms with E-state index in [1.54, 1.807) is 18.4 Å². The van der Waals surface area contributed by atoms with Crippen molar-refractivity contribution < 1.29 is 9.53 Å². The van der Waals surface area contributed by atoms with Crippen LogP contribution in [0.2, 0.25) is 0 Å². The second-order valence-electron chi connectivity index (χ2n) is 6.19. The van der Waals surface area contributed by atoms with E-state index in [-0.39, 0.29) is 5.91 Å². The van der Waals surface area contributed by atoms with Gasteiger partial charge in [0, 0.05) is 19.2 Å². The molecule has 0 saturated carbocycles. The molecule has 3 aromatic rings. The molecule has 0 N–H and O–H groups in total. The molecule has 0 bridgehead atoms. The number of nitrogens with zero attached hydrogens (tertiary/aromatic N) is 2. The van der Waals surface area contributed by atoms with Crippen molar-refractivity contribution in [3.05, 3.63) is 63.5 Å². The van der Waals surface area contributed by atoms with Gasteiger partial charge in [-0.15, -0.1) is 0 Å². The molecule has 1 heterocycles. The standard InChI is InChI=1S/C20H22N2O2S/c1-13-8-9-14(2)16(12-13)19(23)21-20-22(10-11-24-4)18-15(3)6-5-7-17(18)25-20/h5-9,12H,10-11H2,1-4H3. The van der Waals surface area contributed by atoms with Crippen LogP contribution in [0.15, 0.2) is 41.4 Å². The maximum atomic E-state index is 12.8. The van der Waals surface area contributed by atoms with Gasteiger partial charge in [0.05, 0.1) is 16.8 Å². The summed E-state index contributed by atoms with van der Waals surface area (Å²) < 4.78 is 8.45. The van der Waals surface area contributed by atoms with Gasteiger partial charge in [0.15, 0.2) is 4.80 Å². The molecule has 0 aliphatic rings. The van der Waals surface area contributed by atoms with Crippen LogP contribution in [-0.4, -0.2) is 24.2 Å². The molecule has 130 valence electrons. The quantitative estimate of drug-likeness (QED) is 0.710. The molecule has 0 unspecified atom stereocenters. The van der Waals surface area contributed by atoms with Crippen LogP contribution in [0.1, 0.15) is 27.0 Å². The normalized spacial score (nSPS) is 12.1. The SMILES string of the molecule is COCCn1c(=NC(=O)c2cc(C)ccc2C)sc2cccc(C)c21. The average molecular weight is 354 g/mol. The molecule has 25 heavy (non-hydrogen) atoms. The summed E-state index contributed by atoms with van der Waals surface area (Å²) in [5, 5.41) is 0. The molecular formula is C20H22N2O2S. The smallest absolute Gasteiger partial charge is 0.279 e. The van der Waals surface area contributed by atoms with Gasteiger partial charge in [-0.1, -0.05) is 41.2 Å². The predicted octanol–water partition coefficient (Wildman–Crippen LogP) is 4.02. The Morgan fingerprint density at radius 3 is 2.72 bits per heavy atom. The zero-order valence-corrected chi connectivity index (χ0v) is 15.8. The Balaban J connectivity index is 2.16. The number of fused-ring (bicyclic) bond motifs is 1. The van der Waals surface area contributed by atoms with Crippen molar-refractivity contribution in [1.29, 1.82) is 0 Å². The first-order valence-corrected chi connectivity index (χ1v) is 9.07. The monoisotopic (exact) mass is 354 g/mol. The number of carbonyl (C=O) groups is 1. The molecule has 3 rings (SSSR count).